The number of methoxy groups -OCH3 is 2. The third-order valence-electron chi connectivity index (χ3n) is 4.10. The summed E-state index contributed by atoms with van der Waals surface area (Å²) in [6, 6.07) is 14.6. The molecule has 2 aromatic carbocycles. The molecule has 1 unspecified atom stereocenters. The zero-order valence-corrected chi connectivity index (χ0v) is 12.6. The Balaban J connectivity index is 1.84. The van der Waals surface area contributed by atoms with E-state index in [2.05, 4.69) is 35.6 Å². The Labute approximate surface area is 125 Å². The first-order valence-electron chi connectivity index (χ1n) is 7.33. The minimum absolute atomic E-state index is 0.570. The molecule has 1 N–H and O–H groups in total. The quantitative estimate of drug-likeness (QED) is 0.931. The van der Waals surface area contributed by atoms with Crippen LogP contribution in [0.25, 0.3) is 0 Å². The van der Waals surface area contributed by atoms with Gasteiger partial charge in [0.2, 0.25) is 0 Å². The van der Waals surface area contributed by atoms with E-state index in [-0.39, 0.29) is 0 Å². The van der Waals surface area contributed by atoms with Crippen LogP contribution in [0.4, 0.5) is 5.69 Å². The molecule has 3 nitrogen and oxygen atoms in total. The van der Waals surface area contributed by atoms with E-state index in [9.17, 15) is 0 Å². The fourth-order valence-electron chi connectivity index (χ4n) is 3.06. The molecule has 21 heavy (non-hydrogen) atoms. The Morgan fingerprint density at radius 3 is 2.43 bits per heavy atom. The number of anilines is 1. The second-order valence-corrected chi connectivity index (χ2v) is 5.46. The Morgan fingerprint density at radius 1 is 1.00 bits per heavy atom. The lowest BCUT2D eigenvalue weighted by Crippen LogP contribution is -2.25. The average molecular weight is 283 g/mol. The second-order valence-electron chi connectivity index (χ2n) is 5.46. The highest BCUT2D eigenvalue weighted by molar-refractivity contribution is 5.68. The molecule has 3 heteroatoms. The monoisotopic (exact) mass is 283 g/mol. The summed E-state index contributed by atoms with van der Waals surface area (Å²) >= 11 is 0. The van der Waals surface area contributed by atoms with Crippen molar-refractivity contribution in [3.8, 4) is 11.5 Å². The normalized spacial score (nSPS) is 16.8. The minimum Gasteiger partial charge on any atom is -0.496 e. The van der Waals surface area contributed by atoms with Gasteiger partial charge in [0.1, 0.15) is 11.5 Å². The van der Waals surface area contributed by atoms with E-state index < -0.39 is 0 Å². The van der Waals surface area contributed by atoms with Crippen molar-refractivity contribution < 1.29 is 9.47 Å². The van der Waals surface area contributed by atoms with Gasteiger partial charge in [-0.15, -0.1) is 0 Å². The smallest absolute Gasteiger partial charge is 0.142 e. The molecule has 0 fully saturated rings. The molecule has 0 aliphatic carbocycles. The van der Waals surface area contributed by atoms with Crippen LogP contribution in [0.5, 0.6) is 11.5 Å². The molecule has 1 aliphatic rings. The van der Waals surface area contributed by atoms with Crippen LogP contribution in [-0.4, -0.2) is 20.8 Å². The average Bonchev–Trinajstić information content (AvgIpc) is 2.54. The summed E-state index contributed by atoms with van der Waals surface area (Å²) in [5.41, 5.74) is 3.69. The Hall–Kier alpha value is -2.16. The molecule has 1 atom stereocenters. The fraction of sp³-hybridized carbons (Fsp3) is 0.333. The predicted molar refractivity (Wildman–Crippen MR) is 85.4 cm³/mol. The number of ether oxygens (including phenoxy) is 2. The van der Waals surface area contributed by atoms with Crippen molar-refractivity contribution in [2.24, 2.45) is 5.92 Å². The first-order chi connectivity index (χ1) is 10.3. The van der Waals surface area contributed by atoms with Gasteiger partial charge >= 0.3 is 0 Å². The van der Waals surface area contributed by atoms with Gasteiger partial charge in [0.05, 0.1) is 19.9 Å². The van der Waals surface area contributed by atoms with E-state index in [1.54, 1.807) is 14.2 Å². The lowest BCUT2D eigenvalue weighted by Gasteiger charge is -2.29. The maximum atomic E-state index is 5.52. The van der Waals surface area contributed by atoms with Gasteiger partial charge in [0.25, 0.3) is 0 Å². The van der Waals surface area contributed by atoms with E-state index >= 15 is 0 Å². The molecular formula is C18H21NO2. The lowest BCUT2D eigenvalue weighted by atomic mass is 9.88. The van der Waals surface area contributed by atoms with Crippen LogP contribution < -0.4 is 14.8 Å². The topological polar surface area (TPSA) is 30.5 Å². The zero-order valence-electron chi connectivity index (χ0n) is 12.6. The Kier molecular flexibility index (Phi) is 4.00. The lowest BCUT2D eigenvalue weighted by molar-refractivity contribution is 0.391. The molecule has 0 saturated heterocycles. The standard InChI is InChI=1S/C18H21NO2/c1-20-16-8-9-17(21-2)18-15(16)11-14(12-19-18)10-13-6-4-3-5-7-13/h3-9,14,19H,10-12H2,1-2H3. The van der Waals surface area contributed by atoms with Gasteiger partial charge in [-0.05, 0) is 36.5 Å². The molecule has 0 aromatic heterocycles. The van der Waals surface area contributed by atoms with Gasteiger partial charge in [-0.3, -0.25) is 0 Å². The fourth-order valence-corrected chi connectivity index (χ4v) is 3.06. The van der Waals surface area contributed by atoms with Crippen LogP contribution in [0.3, 0.4) is 0 Å². The van der Waals surface area contributed by atoms with Gasteiger partial charge in [-0.1, -0.05) is 30.3 Å². The summed E-state index contributed by atoms with van der Waals surface area (Å²) in [7, 11) is 3.43. The van der Waals surface area contributed by atoms with Crippen molar-refractivity contribution >= 4 is 5.69 Å². The van der Waals surface area contributed by atoms with Crippen LogP contribution in [0.15, 0.2) is 42.5 Å². The third-order valence-corrected chi connectivity index (χ3v) is 4.10. The summed E-state index contributed by atoms with van der Waals surface area (Å²) in [5, 5.41) is 3.52. The Morgan fingerprint density at radius 2 is 1.71 bits per heavy atom. The SMILES string of the molecule is COc1ccc(OC)c2c1CC(Cc1ccccc1)CN2. The first-order valence-corrected chi connectivity index (χ1v) is 7.33. The second kappa shape index (κ2) is 6.08. The summed E-state index contributed by atoms with van der Waals surface area (Å²) in [6.07, 6.45) is 2.09. The highest BCUT2D eigenvalue weighted by Crippen LogP contribution is 2.40. The zero-order chi connectivity index (χ0) is 14.7. The largest absolute Gasteiger partial charge is 0.496 e. The molecular weight excluding hydrogens is 262 g/mol. The van der Waals surface area contributed by atoms with Crippen molar-refractivity contribution in [3.05, 3.63) is 53.6 Å². The molecule has 2 aromatic rings. The molecule has 3 rings (SSSR count). The summed E-state index contributed by atoms with van der Waals surface area (Å²) < 4.78 is 11.0. The highest BCUT2D eigenvalue weighted by atomic mass is 16.5. The first kappa shape index (κ1) is 13.8. The summed E-state index contributed by atoms with van der Waals surface area (Å²) in [4.78, 5) is 0. The number of fused-ring (bicyclic) bond motifs is 1. The van der Waals surface area contributed by atoms with Gasteiger partial charge in [-0.2, -0.15) is 0 Å². The maximum Gasteiger partial charge on any atom is 0.142 e. The van der Waals surface area contributed by atoms with Crippen LogP contribution >= 0.6 is 0 Å². The molecule has 1 heterocycles. The van der Waals surface area contributed by atoms with E-state index in [0.29, 0.717) is 5.92 Å². The third kappa shape index (κ3) is 2.82. The van der Waals surface area contributed by atoms with Crippen molar-refractivity contribution in [1.82, 2.24) is 0 Å². The molecule has 0 bridgehead atoms. The molecule has 1 aliphatic heterocycles. The van der Waals surface area contributed by atoms with Crippen LogP contribution in [-0.2, 0) is 12.8 Å². The molecule has 0 saturated carbocycles. The number of rotatable bonds is 4. The number of benzene rings is 2. The maximum absolute atomic E-state index is 5.52. The van der Waals surface area contributed by atoms with Crippen LogP contribution in [0.1, 0.15) is 11.1 Å². The number of nitrogens with one attached hydrogen (secondary N) is 1. The van der Waals surface area contributed by atoms with Crippen molar-refractivity contribution in [1.29, 1.82) is 0 Å². The van der Waals surface area contributed by atoms with Gasteiger partial charge in [0, 0.05) is 12.1 Å². The van der Waals surface area contributed by atoms with E-state index in [4.69, 9.17) is 9.47 Å². The van der Waals surface area contributed by atoms with Crippen molar-refractivity contribution in [2.75, 3.05) is 26.1 Å². The van der Waals surface area contributed by atoms with Crippen molar-refractivity contribution in [2.45, 2.75) is 12.8 Å². The van der Waals surface area contributed by atoms with Gasteiger partial charge in [-0.25, -0.2) is 0 Å². The molecule has 0 spiro atoms. The predicted octanol–water partition coefficient (Wildman–Crippen LogP) is 3.53. The van der Waals surface area contributed by atoms with E-state index in [0.717, 1.165) is 36.6 Å². The Bertz CT molecular complexity index is 610. The van der Waals surface area contributed by atoms with E-state index in [1.807, 2.05) is 12.1 Å². The number of hydrogen-bond acceptors (Lipinski definition) is 3. The molecule has 110 valence electrons. The summed E-state index contributed by atoms with van der Waals surface area (Å²) in [5.74, 6) is 2.40. The van der Waals surface area contributed by atoms with E-state index in [1.165, 1.54) is 11.1 Å². The van der Waals surface area contributed by atoms with Crippen molar-refractivity contribution in [3.63, 3.8) is 0 Å². The van der Waals surface area contributed by atoms with Crippen LogP contribution in [0.2, 0.25) is 0 Å². The molecule has 0 amide bonds. The van der Waals surface area contributed by atoms with Crippen LogP contribution in [0, 0.1) is 5.92 Å². The van der Waals surface area contributed by atoms with Gasteiger partial charge in [0.15, 0.2) is 0 Å². The van der Waals surface area contributed by atoms with Gasteiger partial charge < -0.3 is 14.8 Å². The minimum atomic E-state index is 0.570. The number of hydrogen-bond donors (Lipinski definition) is 1. The highest BCUT2D eigenvalue weighted by Gasteiger charge is 2.24. The molecule has 0 radical (unpaired) electrons. The summed E-state index contributed by atoms with van der Waals surface area (Å²) in [6.45, 7) is 0.964.